The Kier molecular flexibility index (Phi) is 6.68. The highest BCUT2D eigenvalue weighted by Crippen LogP contribution is 2.35. The third-order valence-corrected chi connectivity index (χ3v) is 10.2. The monoisotopic (exact) mass is 412 g/mol. The Balaban J connectivity index is 2.87. The van der Waals surface area contributed by atoms with Crippen LogP contribution in [0.4, 0.5) is 0 Å². The van der Waals surface area contributed by atoms with Crippen molar-refractivity contribution in [2.45, 2.75) is 72.0 Å². The van der Waals surface area contributed by atoms with Gasteiger partial charge in [-0.3, -0.25) is 0 Å². The molecule has 0 heterocycles. The Morgan fingerprint density at radius 2 is 1.43 bits per heavy atom. The van der Waals surface area contributed by atoms with E-state index in [2.05, 4.69) is 104 Å². The summed E-state index contributed by atoms with van der Waals surface area (Å²) in [4.78, 5) is 1.56. The zero-order valence-electron chi connectivity index (χ0n) is 19.4. The summed E-state index contributed by atoms with van der Waals surface area (Å²) in [5, 5.41) is 1.32. The van der Waals surface area contributed by atoms with E-state index in [1.807, 2.05) is 7.11 Å². The molecule has 0 N–H and O–H groups in total. The predicted octanol–water partition coefficient (Wildman–Crippen LogP) is 6.96. The molecule has 0 aromatic heterocycles. The summed E-state index contributed by atoms with van der Waals surface area (Å²) < 4.78 is 5.96. The van der Waals surface area contributed by atoms with Crippen molar-refractivity contribution in [1.29, 1.82) is 0 Å². The zero-order chi connectivity index (χ0) is 21.3. The molecule has 3 heteroatoms. The number of rotatable bonds is 4. The molecule has 28 heavy (non-hydrogen) atoms. The molecule has 0 aliphatic heterocycles. The van der Waals surface area contributed by atoms with E-state index in [9.17, 15) is 0 Å². The summed E-state index contributed by atoms with van der Waals surface area (Å²) in [6, 6.07) is 15.6. The second kappa shape index (κ2) is 8.17. The lowest BCUT2D eigenvalue weighted by atomic mass is 9.80. The number of hydrogen-bond acceptors (Lipinski definition) is 1. The van der Waals surface area contributed by atoms with Gasteiger partial charge in [-0.1, -0.05) is 106 Å². The summed E-state index contributed by atoms with van der Waals surface area (Å²) in [6.45, 7) is 21.1. The molecule has 0 spiro atoms. The minimum absolute atomic E-state index is 0.0537. The Morgan fingerprint density at radius 1 is 0.857 bits per heavy atom. The second-order valence-corrected chi connectivity index (χ2v) is 17.2. The Labute approximate surface area is 175 Å². The van der Waals surface area contributed by atoms with E-state index in [0.29, 0.717) is 0 Å². The average molecular weight is 413 g/mol. The lowest BCUT2D eigenvalue weighted by molar-refractivity contribution is 0.414. The van der Waals surface area contributed by atoms with Crippen molar-refractivity contribution in [2.75, 3.05) is 7.11 Å². The van der Waals surface area contributed by atoms with Gasteiger partial charge >= 0.3 is 0 Å². The van der Waals surface area contributed by atoms with Crippen molar-refractivity contribution in [2.24, 2.45) is 0 Å². The molecule has 0 aliphatic rings. The van der Waals surface area contributed by atoms with Crippen LogP contribution in [0.25, 0.3) is 0 Å². The second-order valence-electron chi connectivity index (χ2n) is 10.7. The van der Waals surface area contributed by atoms with E-state index in [-0.39, 0.29) is 10.8 Å². The SMILES string of the molecule is COc1cc(C(C)(C)C)cc(C(C)(C)C)c1P=C(c1ccccc1)[Si](C)(C)C. The van der Waals surface area contributed by atoms with Crippen molar-refractivity contribution in [1.82, 2.24) is 0 Å². The number of ether oxygens (including phenoxy) is 1. The van der Waals surface area contributed by atoms with Gasteiger partial charge in [-0.05, 0) is 38.5 Å². The quantitative estimate of drug-likeness (QED) is 0.389. The molecule has 152 valence electrons. The molecule has 0 saturated heterocycles. The molecule has 2 aromatic rings. The van der Waals surface area contributed by atoms with Crippen LogP contribution in [0.5, 0.6) is 5.75 Å². The maximum atomic E-state index is 5.96. The normalized spacial score (nSPS) is 13.6. The zero-order valence-corrected chi connectivity index (χ0v) is 21.3. The minimum Gasteiger partial charge on any atom is -0.496 e. The van der Waals surface area contributed by atoms with Crippen LogP contribution in [0.15, 0.2) is 42.5 Å². The van der Waals surface area contributed by atoms with Crippen molar-refractivity contribution in [3.63, 3.8) is 0 Å². The largest absolute Gasteiger partial charge is 0.496 e. The van der Waals surface area contributed by atoms with Gasteiger partial charge in [-0.2, -0.15) is 0 Å². The van der Waals surface area contributed by atoms with Crippen LogP contribution in [-0.4, -0.2) is 20.1 Å². The van der Waals surface area contributed by atoms with E-state index in [1.54, 1.807) is 4.92 Å². The molecule has 2 aromatic carbocycles. The number of methoxy groups -OCH3 is 1. The van der Waals surface area contributed by atoms with E-state index >= 15 is 0 Å². The molecule has 0 aliphatic carbocycles. The van der Waals surface area contributed by atoms with Gasteiger partial charge in [0.2, 0.25) is 0 Å². The van der Waals surface area contributed by atoms with Gasteiger partial charge in [-0.15, -0.1) is 0 Å². The third-order valence-electron chi connectivity index (χ3n) is 4.95. The van der Waals surface area contributed by atoms with Crippen LogP contribution >= 0.6 is 8.20 Å². The van der Waals surface area contributed by atoms with Gasteiger partial charge < -0.3 is 4.74 Å². The smallest absolute Gasteiger partial charge is 0.131 e. The van der Waals surface area contributed by atoms with E-state index in [4.69, 9.17) is 4.74 Å². The molecule has 0 amide bonds. The Morgan fingerprint density at radius 3 is 1.86 bits per heavy atom. The summed E-state index contributed by atoms with van der Waals surface area (Å²) >= 11 is 0. The van der Waals surface area contributed by atoms with Gasteiger partial charge in [0.05, 0.1) is 15.2 Å². The first-order valence-electron chi connectivity index (χ1n) is 10.1. The fourth-order valence-electron chi connectivity index (χ4n) is 3.26. The highest BCUT2D eigenvalue weighted by atomic mass is 31.1. The number of hydrogen-bond donors (Lipinski definition) is 0. The topological polar surface area (TPSA) is 9.23 Å². The van der Waals surface area contributed by atoms with E-state index in [1.165, 1.54) is 30.2 Å². The molecule has 0 atom stereocenters. The highest BCUT2D eigenvalue weighted by molar-refractivity contribution is 7.58. The standard InChI is InChI=1S/C25H37OPSi/c1-24(2,3)19-16-20(25(4,5)6)22(21(17-19)26-7)27-23(28(8,9)10)18-14-12-11-13-15-18/h11-17H,1-10H3. The minimum atomic E-state index is -1.53. The van der Waals surface area contributed by atoms with E-state index in [0.717, 1.165) is 5.75 Å². The summed E-state index contributed by atoms with van der Waals surface area (Å²) in [6.07, 6.45) is 0. The lowest BCUT2D eigenvalue weighted by Gasteiger charge is -2.29. The third kappa shape index (κ3) is 5.36. The Bertz CT molecular complexity index is 847. The van der Waals surface area contributed by atoms with Crippen LogP contribution in [-0.2, 0) is 10.8 Å². The molecular formula is C25H37OPSi. The van der Waals surface area contributed by atoms with Crippen LogP contribution in [0, 0.1) is 0 Å². The molecule has 0 fully saturated rings. The molecule has 0 radical (unpaired) electrons. The average Bonchev–Trinajstić information content (AvgIpc) is 2.57. The van der Waals surface area contributed by atoms with Gasteiger partial charge in [0.15, 0.2) is 0 Å². The number of benzene rings is 2. The van der Waals surface area contributed by atoms with Crippen molar-refractivity contribution < 1.29 is 4.74 Å². The van der Waals surface area contributed by atoms with Gasteiger partial charge in [-0.25, -0.2) is 0 Å². The molecular weight excluding hydrogens is 375 g/mol. The van der Waals surface area contributed by atoms with Gasteiger partial charge in [0, 0.05) is 5.30 Å². The van der Waals surface area contributed by atoms with Crippen molar-refractivity contribution >= 4 is 26.5 Å². The fraction of sp³-hybridized carbons (Fsp3) is 0.480. The van der Waals surface area contributed by atoms with Gasteiger partial charge in [0.1, 0.15) is 5.75 Å². The Hall–Kier alpha value is -1.37. The fourth-order valence-corrected chi connectivity index (χ4v) is 7.25. The molecule has 0 saturated carbocycles. The van der Waals surface area contributed by atoms with Crippen LogP contribution in [0.3, 0.4) is 0 Å². The predicted molar refractivity (Wildman–Crippen MR) is 131 cm³/mol. The van der Waals surface area contributed by atoms with Gasteiger partial charge in [0.25, 0.3) is 0 Å². The van der Waals surface area contributed by atoms with Crippen LogP contribution in [0.2, 0.25) is 19.6 Å². The molecule has 2 rings (SSSR count). The van der Waals surface area contributed by atoms with Crippen molar-refractivity contribution in [3.8, 4) is 5.75 Å². The first-order valence-corrected chi connectivity index (χ1v) is 14.5. The first kappa shape index (κ1) is 22.9. The van der Waals surface area contributed by atoms with Crippen LogP contribution < -0.4 is 10.0 Å². The lowest BCUT2D eigenvalue weighted by Crippen LogP contribution is -2.34. The highest BCUT2D eigenvalue weighted by Gasteiger charge is 2.28. The molecule has 0 unspecified atom stereocenters. The van der Waals surface area contributed by atoms with Crippen molar-refractivity contribution in [3.05, 3.63) is 59.2 Å². The summed E-state index contributed by atoms with van der Waals surface area (Å²) in [5.74, 6) is 1.02. The summed E-state index contributed by atoms with van der Waals surface area (Å²) in [5.41, 5.74) is 4.24. The first-order chi connectivity index (χ1) is 12.7. The summed E-state index contributed by atoms with van der Waals surface area (Å²) in [7, 11) is 1.56. The van der Waals surface area contributed by atoms with Crippen LogP contribution in [0.1, 0.15) is 58.2 Å². The van der Waals surface area contributed by atoms with E-state index < -0.39 is 8.07 Å². The maximum Gasteiger partial charge on any atom is 0.131 e. The maximum absolute atomic E-state index is 5.96. The molecule has 0 bridgehead atoms. The molecule has 1 nitrogen and oxygen atoms in total.